The molecular weight excluding hydrogens is 278 g/mol. The molecule has 0 spiro atoms. The van der Waals surface area contributed by atoms with Crippen molar-refractivity contribution < 1.29 is 0 Å². The summed E-state index contributed by atoms with van der Waals surface area (Å²) in [5.74, 6) is 1.14. The van der Waals surface area contributed by atoms with Crippen LogP contribution in [0.4, 0.5) is 0 Å². The molecule has 7 heteroatoms. The van der Waals surface area contributed by atoms with E-state index in [1.807, 2.05) is 55.4 Å². The van der Waals surface area contributed by atoms with E-state index in [1.54, 1.807) is 23.4 Å². The van der Waals surface area contributed by atoms with Crippen molar-refractivity contribution >= 4 is 6.34 Å². The van der Waals surface area contributed by atoms with E-state index in [0.29, 0.717) is 23.0 Å². The Morgan fingerprint density at radius 2 is 1.45 bits per heavy atom. The molecule has 0 aliphatic heterocycles. The number of hydrogen-bond acceptors (Lipinski definition) is 5. The first kappa shape index (κ1) is 13.9. The van der Waals surface area contributed by atoms with Gasteiger partial charge in [0.2, 0.25) is 11.6 Å². The van der Waals surface area contributed by atoms with Crippen molar-refractivity contribution in [2.24, 2.45) is 5.10 Å². The van der Waals surface area contributed by atoms with Gasteiger partial charge in [-0.1, -0.05) is 12.1 Å². The van der Waals surface area contributed by atoms with E-state index in [1.165, 1.54) is 0 Å². The number of nitrogens with zero attached hydrogens (tertiary/aromatic N) is 7. The third kappa shape index (κ3) is 2.83. The van der Waals surface area contributed by atoms with E-state index < -0.39 is 0 Å². The topological polar surface area (TPSA) is 72.1 Å². The molecule has 0 amide bonds. The fraction of sp³-hybridized carbons (Fsp3) is 0.133. The van der Waals surface area contributed by atoms with Crippen LogP contribution in [-0.2, 0) is 0 Å². The molecular formula is C15H15N7. The van der Waals surface area contributed by atoms with Gasteiger partial charge in [0, 0.05) is 26.5 Å². The zero-order chi connectivity index (χ0) is 15.4. The molecule has 3 heterocycles. The third-order valence-electron chi connectivity index (χ3n) is 2.83. The van der Waals surface area contributed by atoms with Gasteiger partial charge in [-0.3, -0.25) is 9.97 Å². The maximum atomic E-state index is 4.43. The Morgan fingerprint density at radius 3 is 1.86 bits per heavy atom. The van der Waals surface area contributed by atoms with E-state index >= 15 is 0 Å². The summed E-state index contributed by atoms with van der Waals surface area (Å²) in [5, 5.41) is 12.9. The molecule has 0 unspecified atom stereocenters. The van der Waals surface area contributed by atoms with Gasteiger partial charge in [-0.25, -0.2) is 0 Å². The summed E-state index contributed by atoms with van der Waals surface area (Å²) in [6, 6.07) is 11.2. The van der Waals surface area contributed by atoms with Crippen LogP contribution < -0.4 is 0 Å². The zero-order valence-corrected chi connectivity index (χ0v) is 12.3. The first-order valence-corrected chi connectivity index (χ1v) is 6.75. The monoisotopic (exact) mass is 293 g/mol. The molecule has 0 aromatic carbocycles. The van der Waals surface area contributed by atoms with Gasteiger partial charge in [0.15, 0.2) is 0 Å². The van der Waals surface area contributed by atoms with Crippen molar-refractivity contribution in [3.05, 3.63) is 48.8 Å². The van der Waals surface area contributed by atoms with Crippen molar-refractivity contribution in [1.29, 1.82) is 0 Å². The first-order chi connectivity index (χ1) is 10.8. The minimum atomic E-state index is 0.569. The highest BCUT2D eigenvalue weighted by molar-refractivity contribution is 5.60. The van der Waals surface area contributed by atoms with Gasteiger partial charge in [-0.15, -0.1) is 10.2 Å². The van der Waals surface area contributed by atoms with Crippen LogP contribution in [0.5, 0.6) is 0 Å². The van der Waals surface area contributed by atoms with Crippen molar-refractivity contribution in [2.45, 2.75) is 0 Å². The number of aromatic nitrogens is 5. The third-order valence-corrected chi connectivity index (χ3v) is 2.83. The van der Waals surface area contributed by atoms with Gasteiger partial charge in [0.1, 0.15) is 17.7 Å². The number of rotatable bonds is 4. The van der Waals surface area contributed by atoms with Crippen LogP contribution in [-0.4, -0.2) is 50.2 Å². The Labute approximate surface area is 128 Å². The van der Waals surface area contributed by atoms with E-state index in [2.05, 4.69) is 25.3 Å². The van der Waals surface area contributed by atoms with Crippen LogP contribution in [0, 0.1) is 0 Å². The summed E-state index contributed by atoms with van der Waals surface area (Å²) in [7, 11) is 3.80. The molecule has 0 radical (unpaired) electrons. The molecule has 0 atom stereocenters. The second kappa shape index (κ2) is 6.13. The van der Waals surface area contributed by atoms with Crippen LogP contribution in [0.25, 0.3) is 23.0 Å². The largest absolute Gasteiger partial charge is 0.367 e. The summed E-state index contributed by atoms with van der Waals surface area (Å²) < 4.78 is 1.64. The van der Waals surface area contributed by atoms with Crippen LogP contribution >= 0.6 is 0 Å². The van der Waals surface area contributed by atoms with Crippen LogP contribution in [0.15, 0.2) is 53.9 Å². The van der Waals surface area contributed by atoms with E-state index in [-0.39, 0.29) is 0 Å². The van der Waals surface area contributed by atoms with Gasteiger partial charge in [0.05, 0.1) is 0 Å². The highest BCUT2D eigenvalue weighted by atomic mass is 15.5. The molecule has 3 aromatic rings. The van der Waals surface area contributed by atoms with Gasteiger partial charge < -0.3 is 4.90 Å². The smallest absolute Gasteiger partial charge is 0.203 e. The molecule has 3 rings (SSSR count). The normalized spacial score (nSPS) is 11.0. The SMILES string of the molecule is CN(C)/C=N/n1c(-c2ccccn2)nnc1-c1ccccn1. The molecule has 0 fully saturated rings. The van der Waals surface area contributed by atoms with Crippen molar-refractivity contribution in [3.8, 4) is 23.0 Å². The van der Waals surface area contributed by atoms with Crippen LogP contribution in [0.1, 0.15) is 0 Å². The second-order valence-corrected chi connectivity index (χ2v) is 4.78. The molecule has 0 bridgehead atoms. The van der Waals surface area contributed by atoms with E-state index in [0.717, 1.165) is 0 Å². The molecule has 0 saturated carbocycles. The van der Waals surface area contributed by atoms with E-state index in [4.69, 9.17) is 0 Å². The average molecular weight is 293 g/mol. The predicted molar refractivity (Wildman–Crippen MR) is 84.1 cm³/mol. The highest BCUT2D eigenvalue weighted by Gasteiger charge is 2.16. The molecule has 22 heavy (non-hydrogen) atoms. The second-order valence-electron chi connectivity index (χ2n) is 4.78. The number of hydrogen-bond donors (Lipinski definition) is 0. The van der Waals surface area contributed by atoms with Gasteiger partial charge >= 0.3 is 0 Å². The predicted octanol–water partition coefficient (Wildman–Crippen LogP) is 1.76. The lowest BCUT2D eigenvalue weighted by molar-refractivity contribution is 0.633. The maximum absolute atomic E-state index is 4.43. The quantitative estimate of drug-likeness (QED) is 0.541. The lowest BCUT2D eigenvalue weighted by atomic mass is 10.3. The summed E-state index contributed by atoms with van der Waals surface area (Å²) in [6.45, 7) is 0. The van der Waals surface area contributed by atoms with Crippen LogP contribution in [0.3, 0.4) is 0 Å². The Balaban J connectivity index is 2.14. The van der Waals surface area contributed by atoms with Crippen molar-refractivity contribution in [3.63, 3.8) is 0 Å². The lowest BCUT2D eigenvalue weighted by Crippen LogP contribution is -2.10. The average Bonchev–Trinajstić information content (AvgIpc) is 2.98. The van der Waals surface area contributed by atoms with Gasteiger partial charge in [0.25, 0.3) is 0 Å². The molecule has 0 aliphatic carbocycles. The Hall–Kier alpha value is -3.09. The van der Waals surface area contributed by atoms with Crippen molar-refractivity contribution in [2.75, 3.05) is 14.1 Å². The summed E-state index contributed by atoms with van der Waals surface area (Å²) in [4.78, 5) is 10.5. The Morgan fingerprint density at radius 1 is 0.909 bits per heavy atom. The van der Waals surface area contributed by atoms with Gasteiger partial charge in [-0.2, -0.15) is 9.78 Å². The fourth-order valence-electron chi connectivity index (χ4n) is 1.85. The highest BCUT2D eigenvalue weighted by Crippen LogP contribution is 2.21. The minimum Gasteiger partial charge on any atom is -0.367 e. The van der Waals surface area contributed by atoms with E-state index in [9.17, 15) is 0 Å². The summed E-state index contributed by atoms with van der Waals surface area (Å²) >= 11 is 0. The zero-order valence-electron chi connectivity index (χ0n) is 12.3. The minimum absolute atomic E-state index is 0.569. The molecule has 0 aliphatic rings. The molecule has 0 N–H and O–H groups in total. The van der Waals surface area contributed by atoms with Gasteiger partial charge in [-0.05, 0) is 24.3 Å². The van der Waals surface area contributed by atoms with Crippen LogP contribution in [0.2, 0.25) is 0 Å². The Bertz CT molecular complexity index is 706. The lowest BCUT2D eigenvalue weighted by Gasteiger charge is -2.06. The fourth-order valence-corrected chi connectivity index (χ4v) is 1.85. The Kier molecular flexibility index (Phi) is 3.86. The van der Waals surface area contributed by atoms with Crippen molar-refractivity contribution in [1.82, 2.24) is 29.7 Å². The first-order valence-electron chi connectivity index (χ1n) is 6.75. The summed E-state index contributed by atoms with van der Waals surface area (Å²) in [5.41, 5.74) is 1.40. The molecule has 7 nitrogen and oxygen atoms in total. The molecule has 3 aromatic heterocycles. The summed E-state index contributed by atoms with van der Waals surface area (Å²) in [6.07, 6.45) is 5.11. The molecule has 0 saturated heterocycles. The molecule has 110 valence electrons. The number of pyridine rings is 2. The standard InChI is InChI=1S/C15H15N7/c1-21(2)11-18-22-14(12-7-3-5-9-16-12)19-20-15(22)13-8-4-6-10-17-13/h3-11H,1-2H3/b18-11+. The maximum Gasteiger partial charge on any atom is 0.203 e.